The fraction of sp³-hybridized carbons (Fsp3) is 0.231. The molecule has 0 atom stereocenters. The van der Waals surface area contributed by atoms with Gasteiger partial charge in [-0.15, -0.1) is 0 Å². The van der Waals surface area contributed by atoms with Crippen LogP contribution in [0.2, 0.25) is 0 Å². The van der Waals surface area contributed by atoms with Gasteiger partial charge >= 0.3 is 21.8 Å². The number of benzene rings is 3. The Kier molecular flexibility index (Phi) is 17.4. The average Bonchev–Trinajstić information content (AvgIpc) is 2.86. The van der Waals surface area contributed by atoms with Crippen LogP contribution in [0.3, 0.4) is 0 Å². The minimum absolute atomic E-state index is 0.692. The van der Waals surface area contributed by atoms with Gasteiger partial charge in [0.1, 0.15) is 12.4 Å². The molecule has 0 N–H and O–H groups in total. The lowest BCUT2D eigenvalue weighted by atomic mass is 9.88. The first-order chi connectivity index (χ1) is 19.7. The first kappa shape index (κ1) is 39.5. The number of allylic oxidation sites excluding steroid dienone is 1. The van der Waals surface area contributed by atoms with Gasteiger partial charge in [0.2, 0.25) is 0 Å². The lowest BCUT2D eigenvalue weighted by Gasteiger charge is -2.17. The highest BCUT2D eigenvalue weighted by molar-refractivity contribution is 6.50. The lowest BCUT2D eigenvalue weighted by molar-refractivity contribution is 0.261. The van der Waals surface area contributed by atoms with Crippen LogP contribution in [0.25, 0.3) is 11.1 Å². The number of hydrogen-bond acceptors (Lipinski definition) is 2. The number of halogens is 12. The molecular formula is C26H29B3F12NO-3. The molecule has 0 amide bonds. The van der Waals surface area contributed by atoms with Crippen LogP contribution in [0.5, 0.6) is 5.75 Å². The molecule has 0 heterocycles. The molecule has 3 rings (SSSR count). The summed E-state index contributed by atoms with van der Waals surface area (Å²) in [5, 5.41) is 0. The average molecular weight is 632 g/mol. The standard InChI is InChI=1S/C26H29NO.3BF4/c1-4-25(21-11-7-5-8-12-21)26(22-13-9-6-10-14-22)23-15-17-24(18-16-23)28-20-19-27(2)3;3*2-1(3,4)5/h5-18H,4,19-20H2,1-3H3;;;/q;3*-1. The molecule has 17 heteroatoms. The highest BCUT2D eigenvalue weighted by Crippen LogP contribution is 2.34. The molecule has 0 radical (unpaired) electrons. The van der Waals surface area contributed by atoms with Gasteiger partial charge in [0.05, 0.1) is 0 Å². The van der Waals surface area contributed by atoms with E-state index in [9.17, 15) is 51.8 Å². The van der Waals surface area contributed by atoms with Crippen LogP contribution in [0.4, 0.5) is 51.8 Å². The summed E-state index contributed by atoms with van der Waals surface area (Å²) in [6.07, 6.45) is 0.968. The molecule has 0 spiro atoms. The highest BCUT2D eigenvalue weighted by Gasteiger charge is 2.21. The number of ether oxygens (including phenoxy) is 1. The number of hydrogen-bond donors (Lipinski definition) is 0. The Morgan fingerprint density at radius 1 is 0.558 bits per heavy atom. The summed E-state index contributed by atoms with van der Waals surface area (Å²) in [5.41, 5.74) is 6.37. The summed E-state index contributed by atoms with van der Waals surface area (Å²) in [5.74, 6) is 0.913. The van der Waals surface area contributed by atoms with E-state index in [1.165, 1.54) is 27.8 Å². The van der Waals surface area contributed by atoms with E-state index in [2.05, 4.69) is 111 Å². The van der Waals surface area contributed by atoms with Gasteiger partial charge in [0.25, 0.3) is 0 Å². The van der Waals surface area contributed by atoms with Crippen molar-refractivity contribution in [3.8, 4) is 5.75 Å². The molecule has 240 valence electrons. The van der Waals surface area contributed by atoms with Gasteiger partial charge in [-0.25, -0.2) is 0 Å². The van der Waals surface area contributed by atoms with Crippen molar-refractivity contribution < 1.29 is 56.5 Å². The van der Waals surface area contributed by atoms with E-state index in [0.717, 1.165) is 18.7 Å². The Balaban J connectivity index is 0.000000973. The van der Waals surface area contributed by atoms with E-state index in [4.69, 9.17) is 4.74 Å². The normalized spacial score (nSPS) is 12.0. The summed E-state index contributed by atoms with van der Waals surface area (Å²) in [6.45, 7) is 3.83. The van der Waals surface area contributed by atoms with E-state index >= 15 is 0 Å². The van der Waals surface area contributed by atoms with Gasteiger partial charge in [-0.1, -0.05) is 79.7 Å². The second-order valence-corrected chi connectivity index (χ2v) is 8.60. The van der Waals surface area contributed by atoms with Crippen molar-refractivity contribution in [1.82, 2.24) is 4.90 Å². The van der Waals surface area contributed by atoms with Gasteiger partial charge in [0.15, 0.2) is 0 Å². The lowest BCUT2D eigenvalue weighted by Crippen LogP contribution is -2.19. The molecule has 2 nitrogen and oxygen atoms in total. The number of nitrogens with zero attached hydrogens (tertiary/aromatic N) is 1. The Morgan fingerprint density at radius 3 is 1.26 bits per heavy atom. The Morgan fingerprint density at radius 2 is 0.907 bits per heavy atom. The van der Waals surface area contributed by atoms with Gasteiger partial charge in [-0.05, 0) is 60.5 Å². The maximum absolute atomic E-state index is 9.75. The predicted molar refractivity (Wildman–Crippen MR) is 150 cm³/mol. The summed E-state index contributed by atoms with van der Waals surface area (Å²) < 4.78 is 123. The zero-order valence-corrected chi connectivity index (χ0v) is 23.3. The van der Waals surface area contributed by atoms with E-state index < -0.39 is 21.8 Å². The number of rotatable bonds is 8. The third-order valence-electron chi connectivity index (χ3n) is 4.79. The predicted octanol–water partition coefficient (Wildman–Crippen LogP) is 9.90. The third kappa shape index (κ3) is 23.7. The minimum Gasteiger partial charge on any atom is -0.492 e. The van der Waals surface area contributed by atoms with Crippen LogP contribution < -0.4 is 4.74 Å². The van der Waals surface area contributed by atoms with Crippen LogP contribution in [0.1, 0.15) is 30.0 Å². The van der Waals surface area contributed by atoms with Crippen molar-refractivity contribution in [2.45, 2.75) is 13.3 Å². The molecule has 0 aromatic heterocycles. The second-order valence-electron chi connectivity index (χ2n) is 8.60. The smallest absolute Gasteiger partial charge is 0.492 e. The Hall–Kier alpha value is -3.49. The molecule has 0 saturated carbocycles. The van der Waals surface area contributed by atoms with Crippen LogP contribution in [-0.2, 0) is 0 Å². The first-order valence-corrected chi connectivity index (χ1v) is 12.5. The van der Waals surface area contributed by atoms with Crippen molar-refractivity contribution in [1.29, 1.82) is 0 Å². The van der Waals surface area contributed by atoms with Crippen molar-refractivity contribution in [3.63, 3.8) is 0 Å². The molecule has 0 unspecified atom stereocenters. The third-order valence-corrected chi connectivity index (χ3v) is 4.79. The van der Waals surface area contributed by atoms with Crippen molar-refractivity contribution in [2.75, 3.05) is 27.2 Å². The highest BCUT2D eigenvalue weighted by atomic mass is 19.5. The monoisotopic (exact) mass is 632 g/mol. The largest absolute Gasteiger partial charge is 0.673 e. The summed E-state index contributed by atoms with van der Waals surface area (Å²) in [4.78, 5) is 2.12. The fourth-order valence-corrected chi connectivity index (χ4v) is 3.35. The van der Waals surface area contributed by atoms with Crippen LogP contribution in [0, 0.1) is 0 Å². The van der Waals surface area contributed by atoms with Gasteiger partial charge in [0, 0.05) is 6.54 Å². The molecular weight excluding hydrogens is 603 g/mol. The van der Waals surface area contributed by atoms with E-state index in [1.54, 1.807) is 0 Å². The zero-order valence-electron chi connectivity index (χ0n) is 23.3. The van der Waals surface area contributed by atoms with Crippen LogP contribution in [-0.4, -0.2) is 53.9 Å². The second kappa shape index (κ2) is 18.9. The molecule has 0 saturated heterocycles. The van der Waals surface area contributed by atoms with Gasteiger partial charge in [-0.2, -0.15) is 0 Å². The maximum atomic E-state index is 9.75. The van der Waals surface area contributed by atoms with E-state index in [0.29, 0.717) is 6.61 Å². The Labute approximate surface area is 242 Å². The van der Waals surface area contributed by atoms with Crippen LogP contribution >= 0.6 is 0 Å². The van der Waals surface area contributed by atoms with Crippen LogP contribution in [0.15, 0.2) is 84.9 Å². The first-order valence-electron chi connectivity index (χ1n) is 12.5. The quantitative estimate of drug-likeness (QED) is 0.139. The molecule has 3 aromatic carbocycles. The minimum atomic E-state index is -6.00. The Bertz CT molecular complexity index is 1140. The van der Waals surface area contributed by atoms with E-state index in [-0.39, 0.29) is 0 Å². The molecule has 3 aromatic rings. The zero-order chi connectivity index (χ0) is 33.3. The SMILES string of the molecule is CCC(=C(c1ccccc1)c1ccc(OCCN(C)C)cc1)c1ccccc1.F[B-](F)(F)F.F[B-](F)(F)F.F[B-](F)(F)F. The summed E-state index contributed by atoms with van der Waals surface area (Å²) in [7, 11) is -13.9. The summed E-state index contributed by atoms with van der Waals surface area (Å²) >= 11 is 0. The molecule has 0 bridgehead atoms. The molecule has 0 aliphatic carbocycles. The summed E-state index contributed by atoms with van der Waals surface area (Å²) in [6, 6.07) is 29.8. The van der Waals surface area contributed by atoms with Crippen molar-refractivity contribution in [2.24, 2.45) is 0 Å². The molecule has 0 aliphatic rings. The molecule has 0 fully saturated rings. The van der Waals surface area contributed by atoms with Gasteiger partial charge in [-0.3, -0.25) is 0 Å². The molecule has 43 heavy (non-hydrogen) atoms. The topological polar surface area (TPSA) is 12.5 Å². The number of likely N-dealkylation sites (N-methyl/N-ethyl adjacent to an activating group) is 1. The van der Waals surface area contributed by atoms with Gasteiger partial charge < -0.3 is 61.4 Å². The molecule has 0 aliphatic heterocycles. The fourth-order valence-electron chi connectivity index (χ4n) is 3.35. The van der Waals surface area contributed by atoms with Crippen molar-refractivity contribution >= 4 is 32.9 Å². The van der Waals surface area contributed by atoms with E-state index in [1.807, 2.05) is 0 Å². The van der Waals surface area contributed by atoms with Crippen molar-refractivity contribution in [3.05, 3.63) is 102 Å². The maximum Gasteiger partial charge on any atom is 0.673 e.